The fraction of sp³-hybridized carbons (Fsp3) is 0.200. The minimum absolute atomic E-state index is 0.0603. The van der Waals surface area contributed by atoms with Crippen molar-refractivity contribution < 1.29 is 27.2 Å². The highest BCUT2D eigenvalue weighted by Crippen LogP contribution is 2.43. The maximum Gasteiger partial charge on any atom is 0.417 e. The predicted molar refractivity (Wildman–Crippen MR) is 101 cm³/mol. The van der Waals surface area contributed by atoms with Crippen molar-refractivity contribution in [2.24, 2.45) is 0 Å². The zero-order valence-electron chi connectivity index (χ0n) is 15.0. The van der Waals surface area contributed by atoms with Crippen LogP contribution in [0.3, 0.4) is 0 Å². The lowest BCUT2D eigenvalue weighted by atomic mass is 10.0. The first-order valence-corrected chi connectivity index (χ1v) is 9.62. The van der Waals surface area contributed by atoms with E-state index in [0.29, 0.717) is 21.9 Å². The fourth-order valence-electron chi connectivity index (χ4n) is 3.25. The maximum absolute atomic E-state index is 13.9. The van der Waals surface area contributed by atoms with Crippen molar-refractivity contribution in [3.8, 4) is 33.3 Å². The molecule has 4 aromatic rings. The van der Waals surface area contributed by atoms with Gasteiger partial charge in [-0.2, -0.15) is 13.2 Å². The van der Waals surface area contributed by atoms with Gasteiger partial charge in [-0.25, -0.2) is 4.98 Å². The number of alkyl halides is 3. The van der Waals surface area contributed by atoms with Crippen LogP contribution >= 0.6 is 11.3 Å². The Balaban J connectivity index is 1.71. The molecule has 5 nitrogen and oxygen atoms in total. The van der Waals surface area contributed by atoms with Crippen molar-refractivity contribution in [2.45, 2.75) is 19.5 Å². The van der Waals surface area contributed by atoms with E-state index >= 15 is 0 Å². The smallest absolute Gasteiger partial charge is 0.417 e. The SMILES string of the molecule is CCc1ccc(-c2cc(C(F)(F)F)c3c(-c4ccc5c(c4)OCO5)noc3n2)s1. The number of hydrogen-bond acceptors (Lipinski definition) is 6. The summed E-state index contributed by atoms with van der Waals surface area (Å²) in [4.78, 5) is 6.02. The van der Waals surface area contributed by atoms with Gasteiger partial charge in [-0.05, 0) is 42.8 Å². The van der Waals surface area contributed by atoms with Crippen molar-refractivity contribution in [1.29, 1.82) is 0 Å². The summed E-state index contributed by atoms with van der Waals surface area (Å²) in [5.74, 6) is 0.977. The van der Waals surface area contributed by atoms with E-state index in [1.165, 1.54) is 11.3 Å². The van der Waals surface area contributed by atoms with Crippen LogP contribution < -0.4 is 9.47 Å². The summed E-state index contributed by atoms with van der Waals surface area (Å²) in [6, 6.07) is 9.54. The number of hydrogen-bond donors (Lipinski definition) is 0. The standard InChI is InChI=1S/C20H13F3N2O3S/c1-2-11-4-6-16(29-11)13-8-12(20(21,22)23)17-18(25-28-19(17)24-13)10-3-5-14-15(7-10)27-9-26-14/h3-8H,2,9H2,1H3. The molecule has 5 rings (SSSR count). The molecule has 0 amide bonds. The molecule has 148 valence electrons. The van der Waals surface area contributed by atoms with Gasteiger partial charge >= 0.3 is 6.18 Å². The number of halogens is 3. The molecule has 0 N–H and O–H groups in total. The fourth-order valence-corrected chi connectivity index (χ4v) is 4.16. The second-order valence-corrected chi connectivity index (χ2v) is 7.62. The minimum Gasteiger partial charge on any atom is -0.454 e. The van der Waals surface area contributed by atoms with Crippen LogP contribution in [0.4, 0.5) is 13.2 Å². The molecule has 3 aromatic heterocycles. The lowest BCUT2D eigenvalue weighted by molar-refractivity contribution is -0.136. The third-order valence-electron chi connectivity index (χ3n) is 4.66. The van der Waals surface area contributed by atoms with Gasteiger partial charge < -0.3 is 14.0 Å². The molecule has 0 fully saturated rings. The van der Waals surface area contributed by atoms with E-state index in [4.69, 9.17) is 14.0 Å². The Morgan fingerprint density at radius 2 is 1.90 bits per heavy atom. The largest absolute Gasteiger partial charge is 0.454 e. The van der Waals surface area contributed by atoms with Crippen LogP contribution in [0.2, 0.25) is 0 Å². The van der Waals surface area contributed by atoms with Crippen LogP contribution in [0.25, 0.3) is 32.9 Å². The third-order valence-corrected chi connectivity index (χ3v) is 5.91. The van der Waals surface area contributed by atoms with Gasteiger partial charge in [-0.3, -0.25) is 0 Å². The van der Waals surface area contributed by atoms with Crippen LogP contribution in [0.1, 0.15) is 17.4 Å². The summed E-state index contributed by atoms with van der Waals surface area (Å²) in [5.41, 5.74) is -0.294. The first kappa shape index (κ1) is 18.0. The number of thiophene rings is 1. The van der Waals surface area contributed by atoms with E-state index in [9.17, 15) is 13.2 Å². The van der Waals surface area contributed by atoms with Crippen molar-refractivity contribution in [2.75, 3.05) is 6.79 Å². The van der Waals surface area contributed by atoms with Crippen molar-refractivity contribution >= 4 is 22.4 Å². The Morgan fingerprint density at radius 1 is 1.07 bits per heavy atom. The maximum atomic E-state index is 13.9. The number of ether oxygens (including phenoxy) is 2. The number of aromatic nitrogens is 2. The highest BCUT2D eigenvalue weighted by molar-refractivity contribution is 7.15. The molecule has 1 aromatic carbocycles. The molecule has 0 aliphatic carbocycles. The van der Waals surface area contributed by atoms with Crippen LogP contribution in [0.15, 0.2) is 40.9 Å². The van der Waals surface area contributed by atoms with Crippen LogP contribution in [0.5, 0.6) is 11.5 Å². The van der Waals surface area contributed by atoms with E-state index in [-0.39, 0.29) is 29.3 Å². The molecule has 29 heavy (non-hydrogen) atoms. The average Bonchev–Trinajstić information content (AvgIpc) is 3.43. The Bertz CT molecular complexity index is 1230. The summed E-state index contributed by atoms with van der Waals surface area (Å²) >= 11 is 1.41. The normalized spacial score (nSPS) is 13.4. The highest BCUT2D eigenvalue weighted by atomic mass is 32.1. The van der Waals surface area contributed by atoms with E-state index in [2.05, 4.69) is 10.1 Å². The Morgan fingerprint density at radius 3 is 2.66 bits per heavy atom. The van der Waals surface area contributed by atoms with Gasteiger partial charge in [0.15, 0.2) is 11.5 Å². The van der Waals surface area contributed by atoms with Gasteiger partial charge in [0.1, 0.15) is 5.69 Å². The van der Waals surface area contributed by atoms with E-state index in [1.807, 2.05) is 13.0 Å². The molecule has 0 radical (unpaired) electrons. The zero-order chi connectivity index (χ0) is 20.2. The quantitative estimate of drug-likeness (QED) is 0.413. The second kappa shape index (κ2) is 6.48. The second-order valence-electron chi connectivity index (χ2n) is 6.45. The third kappa shape index (κ3) is 3.02. The van der Waals surface area contributed by atoms with Gasteiger partial charge in [-0.15, -0.1) is 11.3 Å². The topological polar surface area (TPSA) is 57.4 Å². The molecule has 0 saturated heterocycles. The van der Waals surface area contributed by atoms with Crippen LogP contribution in [-0.4, -0.2) is 16.9 Å². The molecule has 0 spiro atoms. The number of fused-ring (bicyclic) bond motifs is 2. The Labute approximate surface area is 166 Å². The number of benzene rings is 1. The Kier molecular flexibility index (Phi) is 4.02. The van der Waals surface area contributed by atoms with Crippen molar-refractivity contribution in [3.63, 3.8) is 0 Å². The average molecular weight is 418 g/mol. The molecule has 0 unspecified atom stereocenters. The number of aryl methyl sites for hydroxylation is 1. The number of nitrogens with zero attached hydrogens (tertiary/aromatic N) is 2. The summed E-state index contributed by atoms with van der Waals surface area (Å²) in [5, 5.41) is 3.72. The highest BCUT2D eigenvalue weighted by Gasteiger charge is 2.37. The lowest BCUT2D eigenvalue weighted by Gasteiger charge is -2.10. The lowest BCUT2D eigenvalue weighted by Crippen LogP contribution is -2.07. The zero-order valence-corrected chi connectivity index (χ0v) is 15.9. The summed E-state index contributed by atoms with van der Waals surface area (Å²) in [7, 11) is 0. The monoisotopic (exact) mass is 418 g/mol. The first-order chi connectivity index (χ1) is 13.9. The van der Waals surface area contributed by atoms with E-state index < -0.39 is 11.7 Å². The van der Waals surface area contributed by atoms with E-state index in [1.54, 1.807) is 24.3 Å². The van der Waals surface area contributed by atoms with Crippen LogP contribution in [-0.2, 0) is 12.6 Å². The molecule has 0 saturated carbocycles. The summed E-state index contributed by atoms with van der Waals surface area (Å²) in [6.07, 6.45) is -3.80. The molecule has 0 bridgehead atoms. The van der Waals surface area contributed by atoms with Crippen molar-refractivity contribution in [1.82, 2.24) is 10.1 Å². The molecule has 9 heteroatoms. The number of pyridine rings is 1. The van der Waals surface area contributed by atoms with Gasteiger partial charge in [0, 0.05) is 10.4 Å². The van der Waals surface area contributed by atoms with Gasteiger partial charge in [0.25, 0.3) is 5.71 Å². The van der Waals surface area contributed by atoms with Gasteiger partial charge in [-0.1, -0.05) is 12.1 Å². The molecule has 0 atom stereocenters. The van der Waals surface area contributed by atoms with Gasteiger partial charge in [0.2, 0.25) is 6.79 Å². The molecule has 4 heterocycles. The number of rotatable bonds is 3. The van der Waals surface area contributed by atoms with Crippen molar-refractivity contribution in [3.05, 3.63) is 46.8 Å². The van der Waals surface area contributed by atoms with E-state index in [0.717, 1.165) is 17.4 Å². The molecule has 1 aliphatic rings. The minimum atomic E-state index is -4.60. The van der Waals surface area contributed by atoms with Gasteiger partial charge in [0.05, 0.1) is 21.5 Å². The molecular formula is C20H13F3N2O3S. The first-order valence-electron chi connectivity index (χ1n) is 8.81. The summed E-state index contributed by atoms with van der Waals surface area (Å²) < 4.78 is 57.6. The summed E-state index contributed by atoms with van der Waals surface area (Å²) in [6.45, 7) is 2.05. The molecule has 1 aliphatic heterocycles. The Hall–Kier alpha value is -3.07. The predicted octanol–water partition coefficient (Wildman–Crippen LogP) is 5.93. The van der Waals surface area contributed by atoms with Crippen LogP contribution in [0, 0.1) is 0 Å². The molecular weight excluding hydrogens is 405 g/mol.